The molecule has 7 aliphatic carbocycles. The molecule has 0 atom stereocenters. The number of ether oxygens (including phenoxy) is 1. The highest BCUT2D eigenvalue weighted by Gasteiger charge is 2.69. The zero-order valence-electron chi connectivity index (χ0n) is 23.8. The summed E-state index contributed by atoms with van der Waals surface area (Å²) >= 11 is 0. The first-order valence-corrected chi connectivity index (χ1v) is 15.4. The molecule has 0 N–H and O–H groups in total. The number of rotatable bonds is 9. The third kappa shape index (κ3) is 4.29. The molecule has 1 heterocycles. The van der Waals surface area contributed by atoms with E-state index >= 15 is 0 Å². The number of halogens is 1. The molecule has 7 fully saturated rings. The van der Waals surface area contributed by atoms with Crippen LogP contribution in [0.2, 0.25) is 0 Å². The van der Waals surface area contributed by atoms with Crippen molar-refractivity contribution in [2.45, 2.75) is 94.1 Å². The lowest BCUT2D eigenvalue weighted by molar-refractivity contribution is -0.215. The van der Waals surface area contributed by atoms with Crippen molar-refractivity contribution < 1.29 is 18.4 Å². The van der Waals surface area contributed by atoms with Crippen molar-refractivity contribution in [3.05, 3.63) is 60.2 Å². The molecule has 6 nitrogen and oxygen atoms in total. The summed E-state index contributed by atoms with van der Waals surface area (Å²) in [5, 5.41) is 4.32. The fourth-order valence-corrected chi connectivity index (χ4v) is 8.54. The number of alkyl halides is 1. The second-order valence-corrected chi connectivity index (χ2v) is 14.1. The minimum Gasteiger partial charge on any atom is -0.497 e. The summed E-state index contributed by atoms with van der Waals surface area (Å²) in [6.45, 7) is 0.710. The van der Waals surface area contributed by atoms with Crippen LogP contribution < -0.4 is 9.64 Å². The van der Waals surface area contributed by atoms with E-state index in [0.29, 0.717) is 38.1 Å². The van der Waals surface area contributed by atoms with Gasteiger partial charge in [0, 0.05) is 30.0 Å². The molecule has 2 aromatic carbocycles. The van der Waals surface area contributed by atoms with Gasteiger partial charge in [-0.05, 0) is 117 Å². The monoisotopic (exact) mass is 555 g/mol. The predicted molar refractivity (Wildman–Crippen MR) is 154 cm³/mol. The van der Waals surface area contributed by atoms with Crippen molar-refractivity contribution in [1.82, 2.24) is 10.1 Å². The molecule has 3 aromatic rings. The van der Waals surface area contributed by atoms with Gasteiger partial charge in [0.2, 0.25) is 11.8 Å². The lowest BCUT2D eigenvalue weighted by Gasteiger charge is -2.66. The Hall–Kier alpha value is -3.22. The molecule has 7 heteroatoms. The zero-order chi connectivity index (χ0) is 27.9. The molecule has 1 aromatic heterocycles. The minimum atomic E-state index is -0.998. The lowest BCUT2D eigenvalue weighted by atomic mass is 9.41. The van der Waals surface area contributed by atoms with Crippen LogP contribution in [0.4, 0.5) is 10.1 Å². The summed E-state index contributed by atoms with van der Waals surface area (Å²) in [5.41, 5.74) is 2.04. The standard InChI is InChI=1S/C34H38FN3O3/c1-40-27-9-7-23(8-10-27)25-3-2-4-26(17-25)38(28(39)18-32-19-34(35,20-32)21-32)22-31-11-14-33(15-12-31,16-13-31)30-36-29(37-41-30)24-5-6-24/h2-4,7-10,17,24H,5-6,11-16,18-22H2,1H3. The zero-order valence-corrected chi connectivity index (χ0v) is 23.8. The topological polar surface area (TPSA) is 68.5 Å². The van der Waals surface area contributed by atoms with Gasteiger partial charge in [0.1, 0.15) is 11.4 Å². The normalized spacial score (nSPS) is 33.1. The van der Waals surface area contributed by atoms with Crippen molar-refractivity contribution in [2.24, 2.45) is 10.8 Å². The van der Waals surface area contributed by atoms with Crippen LogP contribution in [0.15, 0.2) is 53.1 Å². The summed E-state index contributed by atoms with van der Waals surface area (Å²) in [6, 6.07) is 16.4. The second-order valence-electron chi connectivity index (χ2n) is 14.1. The number of aromatic nitrogens is 2. The van der Waals surface area contributed by atoms with Crippen molar-refractivity contribution in [1.29, 1.82) is 0 Å². The SMILES string of the molecule is COc1ccc(-c2cccc(N(CC34CCC(c5nc(C6CC6)no5)(CC3)CC4)C(=O)CC34CC(F)(C3)C4)c2)cc1. The van der Waals surface area contributed by atoms with Gasteiger partial charge in [0.05, 0.1) is 7.11 Å². The number of benzene rings is 2. The Morgan fingerprint density at radius 2 is 1.68 bits per heavy atom. The quantitative estimate of drug-likeness (QED) is 0.273. The summed E-state index contributed by atoms with van der Waals surface area (Å²) in [7, 11) is 1.67. The van der Waals surface area contributed by atoms with E-state index in [4.69, 9.17) is 14.2 Å². The molecule has 0 unspecified atom stereocenters. The van der Waals surface area contributed by atoms with Crippen LogP contribution in [-0.2, 0) is 10.2 Å². The molecule has 7 aliphatic rings. The number of methoxy groups -OCH3 is 1. The van der Waals surface area contributed by atoms with E-state index in [-0.39, 0.29) is 22.2 Å². The highest BCUT2D eigenvalue weighted by atomic mass is 19.1. The van der Waals surface area contributed by atoms with E-state index in [9.17, 15) is 9.18 Å². The molecule has 0 saturated heterocycles. The predicted octanol–water partition coefficient (Wildman–Crippen LogP) is 7.53. The Labute approximate surface area is 240 Å². The smallest absolute Gasteiger partial charge is 0.232 e. The number of amides is 1. The van der Waals surface area contributed by atoms with Gasteiger partial charge in [-0.3, -0.25) is 4.79 Å². The minimum absolute atomic E-state index is 0.00765. The van der Waals surface area contributed by atoms with Gasteiger partial charge in [-0.1, -0.05) is 29.4 Å². The van der Waals surface area contributed by atoms with Gasteiger partial charge in [0.15, 0.2) is 5.82 Å². The van der Waals surface area contributed by atoms with Gasteiger partial charge in [-0.25, -0.2) is 4.39 Å². The summed E-state index contributed by atoms with van der Waals surface area (Å²) < 4.78 is 25.5. The third-order valence-electron chi connectivity index (χ3n) is 11.2. The molecule has 10 rings (SSSR count). The summed E-state index contributed by atoms with van der Waals surface area (Å²) in [6.07, 6.45) is 10.7. The van der Waals surface area contributed by atoms with E-state index in [1.807, 2.05) is 18.2 Å². The second kappa shape index (κ2) is 8.89. The van der Waals surface area contributed by atoms with Crippen molar-refractivity contribution in [3.8, 4) is 16.9 Å². The Morgan fingerprint density at radius 3 is 2.32 bits per heavy atom. The van der Waals surface area contributed by atoms with E-state index in [2.05, 4.69) is 40.4 Å². The third-order valence-corrected chi connectivity index (χ3v) is 11.2. The van der Waals surface area contributed by atoms with Crippen LogP contribution in [0.25, 0.3) is 11.1 Å². The maximum absolute atomic E-state index is 14.4. The van der Waals surface area contributed by atoms with Crippen LogP contribution in [0.3, 0.4) is 0 Å². The number of fused-ring (bicyclic) bond motifs is 3. The number of carbonyl (C=O) groups excluding carboxylic acids is 1. The first kappa shape index (κ1) is 25.5. The van der Waals surface area contributed by atoms with E-state index in [0.717, 1.165) is 72.8 Å². The number of hydrogen-bond donors (Lipinski definition) is 0. The molecule has 7 saturated carbocycles. The van der Waals surface area contributed by atoms with E-state index in [1.54, 1.807) is 7.11 Å². The van der Waals surface area contributed by atoms with Crippen LogP contribution in [0, 0.1) is 10.8 Å². The number of carbonyl (C=O) groups is 1. The van der Waals surface area contributed by atoms with Crippen LogP contribution in [0.5, 0.6) is 5.75 Å². The summed E-state index contributed by atoms with van der Waals surface area (Å²) in [4.78, 5) is 21.0. The number of anilines is 1. The average molecular weight is 556 g/mol. The van der Waals surface area contributed by atoms with Crippen molar-refractivity contribution in [2.75, 3.05) is 18.6 Å². The Balaban J connectivity index is 1.05. The Kier molecular flexibility index (Phi) is 5.53. The highest BCUT2D eigenvalue weighted by Crippen LogP contribution is 2.71. The number of hydrogen-bond acceptors (Lipinski definition) is 5. The van der Waals surface area contributed by atoms with E-state index in [1.165, 1.54) is 12.8 Å². The van der Waals surface area contributed by atoms with E-state index < -0.39 is 5.67 Å². The van der Waals surface area contributed by atoms with Gasteiger partial charge in [-0.2, -0.15) is 4.98 Å². The lowest BCUT2D eigenvalue weighted by Crippen LogP contribution is -2.65. The van der Waals surface area contributed by atoms with Crippen LogP contribution in [-0.4, -0.2) is 35.4 Å². The van der Waals surface area contributed by atoms with Gasteiger partial charge in [0.25, 0.3) is 0 Å². The fraction of sp³-hybridized carbons (Fsp3) is 0.559. The number of nitrogens with zero attached hydrogens (tertiary/aromatic N) is 3. The molecule has 0 spiro atoms. The molecular formula is C34H38FN3O3. The van der Waals surface area contributed by atoms with Crippen LogP contribution >= 0.6 is 0 Å². The molecule has 41 heavy (non-hydrogen) atoms. The van der Waals surface area contributed by atoms with Crippen molar-refractivity contribution >= 4 is 11.6 Å². The largest absolute Gasteiger partial charge is 0.497 e. The van der Waals surface area contributed by atoms with Gasteiger partial charge in [-0.15, -0.1) is 0 Å². The van der Waals surface area contributed by atoms with Crippen LogP contribution in [0.1, 0.15) is 94.7 Å². The molecular weight excluding hydrogens is 517 g/mol. The van der Waals surface area contributed by atoms with Gasteiger partial charge >= 0.3 is 0 Å². The molecule has 0 radical (unpaired) electrons. The van der Waals surface area contributed by atoms with Gasteiger partial charge < -0.3 is 14.2 Å². The maximum Gasteiger partial charge on any atom is 0.232 e. The Bertz CT molecular complexity index is 1450. The first-order chi connectivity index (χ1) is 19.8. The maximum atomic E-state index is 14.4. The molecule has 214 valence electrons. The Morgan fingerprint density at radius 1 is 0.976 bits per heavy atom. The van der Waals surface area contributed by atoms with Crippen molar-refractivity contribution in [3.63, 3.8) is 0 Å². The first-order valence-electron chi connectivity index (χ1n) is 15.4. The molecule has 4 bridgehead atoms. The molecule has 1 amide bonds. The molecule has 0 aliphatic heterocycles. The average Bonchev–Trinajstić information content (AvgIpc) is 3.71. The summed E-state index contributed by atoms with van der Waals surface area (Å²) in [5.74, 6) is 3.20. The highest BCUT2D eigenvalue weighted by molar-refractivity contribution is 5.95. The fourth-order valence-electron chi connectivity index (χ4n) is 8.54.